The summed E-state index contributed by atoms with van der Waals surface area (Å²) < 4.78 is 32.2. The number of allylic oxidation sites excluding steroid dienone is 4. The molecule has 4 rings (SSSR count). The zero-order valence-electron chi connectivity index (χ0n) is 13.8. The largest absolute Gasteiger partial charge is 0.361 e. The average molecular weight is 369 g/mol. The van der Waals surface area contributed by atoms with Crippen molar-refractivity contribution >= 4 is 21.4 Å². The maximum atomic E-state index is 13.4. The van der Waals surface area contributed by atoms with Gasteiger partial charge in [0, 0.05) is 34.0 Å². The van der Waals surface area contributed by atoms with E-state index in [2.05, 4.69) is 17.0 Å². The number of sulfone groups is 1. The Kier molecular flexibility index (Phi) is 3.90. The van der Waals surface area contributed by atoms with Crippen molar-refractivity contribution in [2.24, 2.45) is 5.92 Å². The van der Waals surface area contributed by atoms with Gasteiger partial charge in [-0.2, -0.15) is 0 Å². The molecule has 130 valence electrons. The van der Waals surface area contributed by atoms with Crippen molar-refractivity contribution in [1.82, 2.24) is 10.1 Å². The fraction of sp³-hybridized carbons (Fsp3) is 0.588. The van der Waals surface area contributed by atoms with Crippen molar-refractivity contribution in [3.05, 3.63) is 39.6 Å². The van der Waals surface area contributed by atoms with Gasteiger partial charge in [-0.3, -0.25) is 4.90 Å². The average Bonchev–Trinajstić information content (AvgIpc) is 3.14. The van der Waals surface area contributed by atoms with Gasteiger partial charge >= 0.3 is 0 Å². The van der Waals surface area contributed by atoms with E-state index >= 15 is 0 Å². The molecule has 0 aromatic carbocycles. The molecule has 1 saturated heterocycles. The highest BCUT2D eigenvalue weighted by atomic mass is 35.5. The van der Waals surface area contributed by atoms with E-state index in [4.69, 9.17) is 16.1 Å². The lowest BCUT2D eigenvalue weighted by Crippen LogP contribution is -2.41. The lowest BCUT2D eigenvalue weighted by molar-refractivity contribution is 0.196. The van der Waals surface area contributed by atoms with Crippen LogP contribution in [0.4, 0.5) is 0 Å². The Hall–Kier alpha value is -1.11. The van der Waals surface area contributed by atoms with Crippen LogP contribution in [0.5, 0.6) is 0 Å². The Morgan fingerprint density at radius 3 is 2.92 bits per heavy atom. The third-order valence-corrected chi connectivity index (χ3v) is 8.19. The van der Waals surface area contributed by atoms with Crippen LogP contribution in [-0.2, 0) is 9.84 Å². The molecule has 5 atom stereocenters. The minimum Gasteiger partial charge on any atom is -0.361 e. The minimum atomic E-state index is -3.41. The molecule has 0 radical (unpaired) electrons. The second-order valence-corrected chi connectivity index (χ2v) is 9.58. The topological polar surface area (TPSA) is 63.4 Å². The van der Waals surface area contributed by atoms with Gasteiger partial charge in [0.05, 0.1) is 6.20 Å². The Labute approximate surface area is 147 Å². The van der Waals surface area contributed by atoms with Gasteiger partial charge in [-0.25, -0.2) is 8.42 Å². The number of rotatable bonds is 3. The first-order valence-corrected chi connectivity index (χ1v) is 10.4. The Balaban J connectivity index is 1.73. The highest BCUT2D eigenvalue weighted by Crippen LogP contribution is 2.49. The SMILES string of the molecule is CCC1c2cnoc2C2CC(S(=O)(=O)C3=CC=C(Cl)CC3C)N1C2. The van der Waals surface area contributed by atoms with Gasteiger partial charge in [0.15, 0.2) is 9.84 Å². The molecule has 24 heavy (non-hydrogen) atoms. The van der Waals surface area contributed by atoms with Crippen LogP contribution in [0.15, 0.2) is 32.8 Å². The number of hydrogen-bond acceptors (Lipinski definition) is 5. The number of hydrogen-bond donors (Lipinski definition) is 0. The minimum absolute atomic E-state index is 0.0587. The van der Waals surface area contributed by atoms with E-state index < -0.39 is 15.2 Å². The molecule has 0 N–H and O–H groups in total. The van der Waals surface area contributed by atoms with Gasteiger partial charge in [-0.05, 0) is 37.3 Å². The fourth-order valence-electron chi connectivity index (χ4n) is 4.43. The molecule has 0 saturated carbocycles. The van der Waals surface area contributed by atoms with Crippen molar-refractivity contribution in [2.45, 2.75) is 50.4 Å². The molecular formula is C17H21ClN2O3S. The quantitative estimate of drug-likeness (QED) is 0.813. The number of fused-ring (bicyclic) bond motifs is 4. The lowest BCUT2D eigenvalue weighted by Gasteiger charge is -2.34. The van der Waals surface area contributed by atoms with E-state index in [0.29, 0.717) is 22.8 Å². The van der Waals surface area contributed by atoms with E-state index in [0.717, 1.165) is 24.3 Å². The lowest BCUT2D eigenvalue weighted by atomic mass is 9.94. The molecule has 2 aliphatic heterocycles. The Morgan fingerprint density at radius 2 is 2.21 bits per heavy atom. The normalized spacial score (nSPS) is 35.4. The van der Waals surface area contributed by atoms with Crippen LogP contribution in [0, 0.1) is 5.92 Å². The van der Waals surface area contributed by atoms with Crippen LogP contribution in [0.1, 0.15) is 56.4 Å². The van der Waals surface area contributed by atoms with E-state index in [1.807, 2.05) is 6.92 Å². The van der Waals surface area contributed by atoms with Gasteiger partial charge in [0.2, 0.25) is 0 Å². The summed E-state index contributed by atoms with van der Waals surface area (Å²) in [5.41, 5.74) is 1.06. The van der Waals surface area contributed by atoms with Crippen LogP contribution in [0.25, 0.3) is 0 Å². The summed E-state index contributed by atoms with van der Waals surface area (Å²) in [5.74, 6) is 0.917. The highest BCUT2D eigenvalue weighted by Gasteiger charge is 2.51. The first-order chi connectivity index (χ1) is 11.4. The van der Waals surface area contributed by atoms with Crippen molar-refractivity contribution < 1.29 is 12.9 Å². The second-order valence-electron chi connectivity index (χ2n) is 6.99. The van der Waals surface area contributed by atoms with Gasteiger partial charge in [-0.1, -0.05) is 30.6 Å². The third kappa shape index (κ3) is 2.30. The van der Waals surface area contributed by atoms with Crippen molar-refractivity contribution in [1.29, 1.82) is 0 Å². The second kappa shape index (κ2) is 5.71. The van der Waals surface area contributed by atoms with Crippen molar-refractivity contribution in [3.63, 3.8) is 0 Å². The van der Waals surface area contributed by atoms with Crippen molar-refractivity contribution in [3.8, 4) is 0 Å². The van der Waals surface area contributed by atoms with Crippen molar-refractivity contribution in [2.75, 3.05) is 6.54 Å². The molecule has 2 bridgehead atoms. The molecule has 1 aliphatic carbocycles. The molecule has 3 heterocycles. The molecular weight excluding hydrogens is 348 g/mol. The van der Waals surface area contributed by atoms with E-state index in [-0.39, 0.29) is 17.9 Å². The van der Waals surface area contributed by atoms with Crippen LogP contribution >= 0.6 is 11.6 Å². The van der Waals surface area contributed by atoms with Gasteiger partial charge in [0.1, 0.15) is 11.1 Å². The van der Waals surface area contributed by atoms with E-state index in [1.165, 1.54) is 0 Å². The van der Waals surface area contributed by atoms with Crippen LogP contribution in [-0.4, -0.2) is 30.4 Å². The summed E-state index contributed by atoms with van der Waals surface area (Å²) in [6.45, 7) is 4.73. The maximum absolute atomic E-state index is 13.4. The zero-order chi connectivity index (χ0) is 17.1. The summed E-state index contributed by atoms with van der Waals surface area (Å²) >= 11 is 6.06. The van der Waals surface area contributed by atoms with E-state index in [9.17, 15) is 8.42 Å². The summed E-state index contributed by atoms with van der Waals surface area (Å²) in [6, 6.07) is 0.0587. The number of nitrogens with zero attached hydrogens (tertiary/aromatic N) is 2. The molecule has 7 heteroatoms. The fourth-order valence-corrected chi connectivity index (χ4v) is 7.01. The van der Waals surface area contributed by atoms with Gasteiger partial charge in [0.25, 0.3) is 0 Å². The molecule has 0 amide bonds. The number of aromatic nitrogens is 1. The molecule has 5 nitrogen and oxygen atoms in total. The Morgan fingerprint density at radius 1 is 1.42 bits per heavy atom. The predicted molar refractivity (Wildman–Crippen MR) is 92.1 cm³/mol. The zero-order valence-corrected chi connectivity index (χ0v) is 15.3. The summed E-state index contributed by atoms with van der Waals surface area (Å²) in [6.07, 6.45) is 7.16. The molecule has 1 aromatic heterocycles. The predicted octanol–water partition coefficient (Wildman–Crippen LogP) is 3.72. The standard InChI is InChI=1S/C17H21ClN2O3S/c1-3-14-13-8-19-23-17(13)11-7-16(20(14)9-11)24(21,22)15-5-4-12(18)6-10(15)2/h4-5,8,10-11,14,16H,3,6-7,9H2,1-2H3. The first kappa shape index (κ1) is 16.4. The van der Waals surface area contributed by atoms with Gasteiger partial charge < -0.3 is 4.52 Å². The van der Waals surface area contributed by atoms with E-state index in [1.54, 1.807) is 18.3 Å². The van der Waals surface area contributed by atoms with Gasteiger partial charge in [-0.15, -0.1) is 0 Å². The van der Waals surface area contributed by atoms with Crippen LogP contribution in [0.3, 0.4) is 0 Å². The smallest absolute Gasteiger partial charge is 0.190 e. The summed E-state index contributed by atoms with van der Waals surface area (Å²) in [4.78, 5) is 2.64. The summed E-state index contributed by atoms with van der Waals surface area (Å²) in [5, 5.41) is 4.15. The molecule has 5 unspecified atom stereocenters. The van der Waals surface area contributed by atoms with Crippen LogP contribution in [0.2, 0.25) is 0 Å². The molecule has 1 fully saturated rings. The Bertz CT molecular complexity index is 827. The molecule has 0 spiro atoms. The third-order valence-electron chi connectivity index (χ3n) is 5.53. The highest BCUT2D eigenvalue weighted by molar-refractivity contribution is 7.95. The molecule has 1 aromatic rings. The van der Waals surface area contributed by atoms with Crippen LogP contribution < -0.4 is 0 Å². The first-order valence-electron chi connectivity index (χ1n) is 8.43. The number of halogens is 1. The summed E-state index contributed by atoms with van der Waals surface area (Å²) in [7, 11) is -3.41. The molecule has 3 aliphatic rings. The maximum Gasteiger partial charge on any atom is 0.190 e. The monoisotopic (exact) mass is 368 g/mol.